The Morgan fingerprint density at radius 1 is 1.50 bits per heavy atom. The van der Waals surface area contributed by atoms with Gasteiger partial charge in [-0.05, 0) is 25.5 Å². The lowest BCUT2D eigenvalue weighted by molar-refractivity contribution is 0.0921. The van der Waals surface area contributed by atoms with Gasteiger partial charge >= 0.3 is 0 Å². The molecule has 1 aromatic rings. The first kappa shape index (κ1) is 14.5. The van der Waals surface area contributed by atoms with Crippen LogP contribution in [0.4, 0.5) is 8.78 Å². The molecule has 1 aromatic carbocycles. The molecule has 3 nitrogen and oxygen atoms in total. The van der Waals surface area contributed by atoms with Crippen LogP contribution in [0.3, 0.4) is 0 Å². The Bertz CT molecular complexity index is 493. The Morgan fingerprint density at radius 2 is 2.11 bits per heavy atom. The van der Waals surface area contributed by atoms with E-state index in [1.54, 1.807) is 13.8 Å². The van der Waals surface area contributed by atoms with Crippen LogP contribution in [0.2, 0.25) is 0 Å². The Morgan fingerprint density at radius 3 is 2.61 bits per heavy atom. The second kappa shape index (κ2) is 5.39. The number of carbonyl (C=O) groups excluding carboxylic acids is 1. The zero-order valence-corrected chi connectivity index (χ0v) is 10.9. The lowest BCUT2D eigenvalue weighted by atomic mass is 9.98. The number of benzene rings is 1. The number of hydrogen-bond donors (Lipinski definition) is 2. The molecule has 18 heavy (non-hydrogen) atoms. The van der Waals surface area contributed by atoms with E-state index < -0.39 is 23.1 Å². The van der Waals surface area contributed by atoms with Gasteiger partial charge in [-0.2, -0.15) is 0 Å². The molecule has 0 saturated heterocycles. The summed E-state index contributed by atoms with van der Waals surface area (Å²) in [7, 11) is 0. The summed E-state index contributed by atoms with van der Waals surface area (Å²) in [5.41, 5.74) is 4.23. The first-order chi connectivity index (χ1) is 8.31. The maximum absolute atomic E-state index is 13.4. The van der Waals surface area contributed by atoms with Crippen LogP contribution in [0.25, 0.3) is 0 Å². The third kappa shape index (κ3) is 2.81. The number of carbonyl (C=O) groups is 1. The van der Waals surface area contributed by atoms with Crippen LogP contribution in [-0.2, 0) is 0 Å². The highest BCUT2D eigenvalue weighted by molar-refractivity contribution is 7.80. The molecule has 1 unspecified atom stereocenters. The van der Waals surface area contributed by atoms with Gasteiger partial charge < -0.3 is 11.1 Å². The lowest BCUT2D eigenvalue weighted by Crippen LogP contribution is -2.54. The summed E-state index contributed by atoms with van der Waals surface area (Å²) in [6.07, 6.45) is 0.449. The normalized spacial score (nSPS) is 13.8. The third-order valence-electron chi connectivity index (χ3n) is 2.84. The summed E-state index contributed by atoms with van der Waals surface area (Å²) in [6, 6.07) is 3.40. The average Bonchev–Trinajstić information content (AvgIpc) is 2.32. The minimum atomic E-state index is -1.18. The van der Waals surface area contributed by atoms with Crippen molar-refractivity contribution in [1.29, 1.82) is 0 Å². The van der Waals surface area contributed by atoms with Gasteiger partial charge in [0.25, 0.3) is 5.91 Å². The summed E-state index contributed by atoms with van der Waals surface area (Å²) < 4.78 is 26.4. The second-order valence-corrected chi connectivity index (χ2v) is 4.55. The highest BCUT2D eigenvalue weighted by atomic mass is 32.1. The van der Waals surface area contributed by atoms with Crippen LogP contribution in [0, 0.1) is 11.6 Å². The smallest absolute Gasteiger partial charge is 0.255 e. The Hall–Kier alpha value is -1.56. The van der Waals surface area contributed by atoms with Crippen molar-refractivity contribution in [2.45, 2.75) is 25.8 Å². The SMILES string of the molecule is CCC(C)(NC(=O)c1cccc(F)c1F)C(N)=S. The summed E-state index contributed by atoms with van der Waals surface area (Å²) in [4.78, 5) is 12.0. The van der Waals surface area contributed by atoms with E-state index in [9.17, 15) is 13.6 Å². The van der Waals surface area contributed by atoms with Crippen molar-refractivity contribution < 1.29 is 13.6 Å². The number of thiocarbonyl (C=S) groups is 1. The summed E-state index contributed by atoms with van der Waals surface area (Å²) >= 11 is 4.85. The highest BCUT2D eigenvalue weighted by Crippen LogP contribution is 2.15. The molecule has 0 aliphatic heterocycles. The molecule has 0 aromatic heterocycles. The number of halogens is 2. The molecule has 0 saturated carbocycles. The predicted octanol–water partition coefficient (Wildman–Crippen LogP) is 2.15. The zero-order chi connectivity index (χ0) is 13.9. The first-order valence-corrected chi connectivity index (χ1v) is 5.79. The Balaban J connectivity index is 3.02. The number of nitrogens with two attached hydrogens (primary N) is 1. The van der Waals surface area contributed by atoms with Crippen molar-refractivity contribution in [3.8, 4) is 0 Å². The van der Waals surface area contributed by atoms with Gasteiger partial charge in [0.1, 0.15) is 0 Å². The summed E-state index contributed by atoms with van der Waals surface area (Å²) in [6.45, 7) is 3.41. The highest BCUT2D eigenvalue weighted by Gasteiger charge is 2.29. The van der Waals surface area contributed by atoms with Gasteiger partial charge in [-0.3, -0.25) is 4.79 Å². The molecule has 0 heterocycles. The Kier molecular flexibility index (Phi) is 4.34. The molecule has 0 radical (unpaired) electrons. The van der Waals surface area contributed by atoms with Gasteiger partial charge in [0.05, 0.1) is 16.1 Å². The first-order valence-electron chi connectivity index (χ1n) is 5.38. The topological polar surface area (TPSA) is 55.1 Å². The minimum Gasteiger partial charge on any atom is -0.391 e. The maximum Gasteiger partial charge on any atom is 0.255 e. The van der Waals surface area contributed by atoms with E-state index in [-0.39, 0.29) is 10.6 Å². The molecular weight excluding hydrogens is 258 g/mol. The second-order valence-electron chi connectivity index (χ2n) is 4.11. The number of nitrogens with one attached hydrogen (secondary N) is 1. The molecule has 1 amide bonds. The summed E-state index contributed by atoms with van der Waals surface area (Å²) in [5, 5.41) is 2.52. The molecule has 0 aliphatic carbocycles. The van der Waals surface area contributed by atoms with Crippen LogP contribution in [0.15, 0.2) is 18.2 Å². The van der Waals surface area contributed by atoms with Crippen LogP contribution in [0.5, 0.6) is 0 Å². The van der Waals surface area contributed by atoms with Gasteiger partial charge in [-0.15, -0.1) is 0 Å². The monoisotopic (exact) mass is 272 g/mol. The van der Waals surface area contributed by atoms with Crippen molar-refractivity contribution in [3.05, 3.63) is 35.4 Å². The van der Waals surface area contributed by atoms with E-state index in [4.69, 9.17) is 18.0 Å². The molecule has 0 aliphatic rings. The predicted molar refractivity (Wildman–Crippen MR) is 69.3 cm³/mol. The van der Waals surface area contributed by atoms with Crippen molar-refractivity contribution in [2.75, 3.05) is 0 Å². The molecule has 1 rings (SSSR count). The molecular formula is C12H14F2N2OS. The standard InChI is InChI=1S/C12H14F2N2OS/c1-3-12(2,11(15)18)16-10(17)7-5-4-6-8(13)9(7)14/h4-6H,3H2,1-2H3,(H2,15,18)(H,16,17). The minimum absolute atomic E-state index is 0.0927. The molecule has 1 atom stereocenters. The molecule has 0 bridgehead atoms. The molecule has 6 heteroatoms. The number of amides is 1. The lowest BCUT2D eigenvalue weighted by Gasteiger charge is -2.28. The zero-order valence-electron chi connectivity index (χ0n) is 10.1. The largest absolute Gasteiger partial charge is 0.391 e. The third-order valence-corrected chi connectivity index (χ3v) is 3.29. The van der Waals surface area contributed by atoms with Crippen LogP contribution in [0.1, 0.15) is 30.6 Å². The quantitative estimate of drug-likeness (QED) is 0.826. The average molecular weight is 272 g/mol. The van der Waals surface area contributed by atoms with E-state index in [1.807, 2.05) is 0 Å². The van der Waals surface area contributed by atoms with Crippen LogP contribution < -0.4 is 11.1 Å². The van der Waals surface area contributed by atoms with Gasteiger partial charge in [0.15, 0.2) is 11.6 Å². The molecule has 3 N–H and O–H groups in total. The molecule has 0 fully saturated rings. The maximum atomic E-state index is 13.4. The van der Waals surface area contributed by atoms with Crippen molar-refractivity contribution in [1.82, 2.24) is 5.32 Å². The van der Waals surface area contributed by atoms with Gasteiger partial charge in [0.2, 0.25) is 0 Å². The fraction of sp³-hybridized carbons (Fsp3) is 0.333. The number of hydrogen-bond acceptors (Lipinski definition) is 2. The van der Waals surface area contributed by atoms with Crippen molar-refractivity contribution >= 4 is 23.1 Å². The van der Waals surface area contributed by atoms with E-state index in [2.05, 4.69) is 5.32 Å². The van der Waals surface area contributed by atoms with Crippen LogP contribution in [-0.4, -0.2) is 16.4 Å². The fourth-order valence-corrected chi connectivity index (χ4v) is 1.52. The van der Waals surface area contributed by atoms with E-state index >= 15 is 0 Å². The van der Waals surface area contributed by atoms with E-state index in [0.717, 1.165) is 6.07 Å². The number of rotatable bonds is 4. The van der Waals surface area contributed by atoms with Crippen molar-refractivity contribution in [3.63, 3.8) is 0 Å². The van der Waals surface area contributed by atoms with Gasteiger partial charge in [0, 0.05) is 0 Å². The van der Waals surface area contributed by atoms with Gasteiger partial charge in [-0.25, -0.2) is 8.78 Å². The fourth-order valence-electron chi connectivity index (χ4n) is 1.32. The van der Waals surface area contributed by atoms with Crippen LogP contribution >= 0.6 is 12.2 Å². The molecule has 0 spiro atoms. The molecule has 98 valence electrons. The Labute approximate surface area is 109 Å². The summed E-state index contributed by atoms with van der Waals surface area (Å²) in [5.74, 6) is -3.00. The van der Waals surface area contributed by atoms with Gasteiger partial charge in [-0.1, -0.05) is 25.2 Å². The van der Waals surface area contributed by atoms with E-state index in [1.165, 1.54) is 12.1 Å². The van der Waals surface area contributed by atoms with Crippen molar-refractivity contribution in [2.24, 2.45) is 5.73 Å². The van der Waals surface area contributed by atoms with E-state index in [0.29, 0.717) is 6.42 Å².